The summed E-state index contributed by atoms with van der Waals surface area (Å²) in [4.78, 5) is 10.5. The van der Waals surface area contributed by atoms with Crippen molar-refractivity contribution in [2.75, 3.05) is 5.32 Å². The Morgan fingerprint density at radius 2 is 2.00 bits per heavy atom. The Morgan fingerprint density at radius 1 is 1.31 bits per heavy atom. The second-order valence-corrected chi connectivity index (χ2v) is 3.52. The zero-order valence-electron chi connectivity index (χ0n) is 9.44. The van der Waals surface area contributed by atoms with E-state index in [2.05, 4.69) is 5.32 Å². The molecule has 0 aliphatic heterocycles. The average Bonchev–Trinajstić information content (AvgIpc) is 2.27. The van der Waals surface area contributed by atoms with Crippen LogP contribution in [0.2, 0.25) is 0 Å². The molecule has 0 spiro atoms. The third-order valence-corrected chi connectivity index (χ3v) is 2.14. The van der Waals surface area contributed by atoms with Crippen molar-refractivity contribution in [2.45, 2.75) is 26.2 Å². The molecular formula is C13H17NO2. The fourth-order valence-electron chi connectivity index (χ4n) is 1.41. The number of para-hydroxylation sites is 1. The molecule has 16 heavy (non-hydrogen) atoms. The van der Waals surface area contributed by atoms with Crippen molar-refractivity contribution >= 4 is 11.7 Å². The van der Waals surface area contributed by atoms with Crippen LogP contribution in [0.15, 0.2) is 42.1 Å². The molecule has 0 fully saturated rings. The minimum Gasteiger partial charge on any atom is -0.481 e. The Morgan fingerprint density at radius 3 is 2.56 bits per heavy atom. The summed E-state index contributed by atoms with van der Waals surface area (Å²) in [7, 11) is 0. The molecule has 3 heteroatoms. The van der Waals surface area contributed by atoms with E-state index in [1.807, 2.05) is 43.3 Å². The predicted octanol–water partition coefficient (Wildman–Crippen LogP) is 3.26. The molecule has 0 unspecified atom stereocenters. The number of carboxylic acids is 1. The van der Waals surface area contributed by atoms with Gasteiger partial charge in [-0.15, -0.1) is 0 Å². The van der Waals surface area contributed by atoms with Crippen molar-refractivity contribution in [3.05, 3.63) is 42.1 Å². The first-order valence-electron chi connectivity index (χ1n) is 5.45. The average molecular weight is 219 g/mol. The van der Waals surface area contributed by atoms with Gasteiger partial charge in [0.2, 0.25) is 0 Å². The number of hydrogen-bond donors (Lipinski definition) is 2. The maximum atomic E-state index is 10.5. The minimum absolute atomic E-state index is 0.158. The molecule has 0 heterocycles. The number of carboxylic acid groups (broad SMARTS) is 1. The Hall–Kier alpha value is -1.77. The van der Waals surface area contributed by atoms with E-state index in [-0.39, 0.29) is 6.42 Å². The van der Waals surface area contributed by atoms with Gasteiger partial charge in [0.1, 0.15) is 0 Å². The molecular weight excluding hydrogens is 202 g/mol. The fourth-order valence-corrected chi connectivity index (χ4v) is 1.41. The zero-order valence-corrected chi connectivity index (χ0v) is 9.44. The van der Waals surface area contributed by atoms with Gasteiger partial charge in [-0.2, -0.15) is 0 Å². The van der Waals surface area contributed by atoms with E-state index in [0.717, 1.165) is 17.8 Å². The van der Waals surface area contributed by atoms with E-state index in [1.54, 1.807) is 0 Å². The largest absolute Gasteiger partial charge is 0.481 e. The number of allylic oxidation sites excluding steroid dienone is 2. The summed E-state index contributed by atoms with van der Waals surface area (Å²) in [6, 6.07) is 9.77. The lowest BCUT2D eigenvalue weighted by Gasteiger charge is -2.09. The highest BCUT2D eigenvalue weighted by atomic mass is 16.4. The second kappa shape index (κ2) is 6.67. The van der Waals surface area contributed by atoms with Crippen molar-refractivity contribution < 1.29 is 9.90 Å². The maximum Gasteiger partial charge on any atom is 0.303 e. The number of nitrogens with one attached hydrogen (secondary N) is 1. The first kappa shape index (κ1) is 12.3. The minimum atomic E-state index is -0.767. The third-order valence-electron chi connectivity index (χ3n) is 2.14. The molecule has 3 nitrogen and oxygen atoms in total. The molecule has 1 rings (SSSR count). The van der Waals surface area contributed by atoms with Gasteiger partial charge in [-0.1, -0.05) is 31.2 Å². The van der Waals surface area contributed by atoms with Crippen molar-refractivity contribution in [3.63, 3.8) is 0 Å². The highest BCUT2D eigenvalue weighted by Gasteiger charge is 2.01. The van der Waals surface area contributed by atoms with Gasteiger partial charge in [-0.05, 0) is 25.0 Å². The topological polar surface area (TPSA) is 49.3 Å². The van der Waals surface area contributed by atoms with Gasteiger partial charge in [0, 0.05) is 11.4 Å². The molecule has 0 saturated heterocycles. The summed E-state index contributed by atoms with van der Waals surface area (Å²) in [5, 5.41) is 11.9. The standard InChI is InChI=1S/C13H17NO2/c1-2-6-11(9-10-13(15)16)14-12-7-4-3-5-8-12/h3-8,14H,2,9-10H2,1H3,(H,15,16). The van der Waals surface area contributed by atoms with Gasteiger partial charge in [0.25, 0.3) is 0 Å². The van der Waals surface area contributed by atoms with E-state index in [1.165, 1.54) is 0 Å². The highest BCUT2D eigenvalue weighted by Crippen LogP contribution is 2.13. The van der Waals surface area contributed by atoms with Crippen LogP contribution in [0, 0.1) is 0 Å². The number of rotatable bonds is 6. The summed E-state index contributed by atoms with van der Waals surface area (Å²) >= 11 is 0. The smallest absolute Gasteiger partial charge is 0.303 e. The molecule has 0 aromatic heterocycles. The Bertz CT molecular complexity index is 357. The van der Waals surface area contributed by atoms with Crippen LogP contribution in [0.3, 0.4) is 0 Å². The number of anilines is 1. The van der Waals surface area contributed by atoms with Crippen LogP contribution in [-0.2, 0) is 4.79 Å². The lowest BCUT2D eigenvalue weighted by atomic mass is 10.2. The number of aliphatic carboxylic acids is 1. The molecule has 0 saturated carbocycles. The third kappa shape index (κ3) is 4.64. The summed E-state index contributed by atoms with van der Waals surface area (Å²) < 4.78 is 0. The number of carbonyl (C=O) groups is 1. The zero-order chi connectivity index (χ0) is 11.8. The Balaban J connectivity index is 2.58. The first-order valence-corrected chi connectivity index (χ1v) is 5.45. The van der Waals surface area contributed by atoms with Gasteiger partial charge in [0.05, 0.1) is 6.42 Å². The lowest BCUT2D eigenvalue weighted by molar-refractivity contribution is -0.136. The normalized spacial score (nSPS) is 11.2. The van der Waals surface area contributed by atoms with Crippen LogP contribution < -0.4 is 5.32 Å². The molecule has 1 aromatic rings. The second-order valence-electron chi connectivity index (χ2n) is 3.52. The van der Waals surface area contributed by atoms with Gasteiger partial charge in [-0.3, -0.25) is 4.79 Å². The van der Waals surface area contributed by atoms with Crippen LogP contribution in [0.1, 0.15) is 26.2 Å². The number of benzene rings is 1. The van der Waals surface area contributed by atoms with E-state index in [0.29, 0.717) is 6.42 Å². The molecule has 0 bridgehead atoms. The monoisotopic (exact) mass is 219 g/mol. The molecule has 0 amide bonds. The van der Waals surface area contributed by atoms with Crippen LogP contribution in [0.4, 0.5) is 5.69 Å². The van der Waals surface area contributed by atoms with Crippen molar-refractivity contribution in [2.24, 2.45) is 0 Å². The summed E-state index contributed by atoms with van der Waals surface area (Å²) in [5.74, 6) is -0.767. The van der Waals surface area contributed by atoms with E-state index in [4.69, 9.17) is 5.11 Å². The lowest BCUT2D eigenvalue weighted by Crippen LogP contribution is -2.03. The molecule has 0 radical (unpaired) electrons. The predicted molar refractivity (Wildman–Crippen MR) is 65.3 cm³/mol. The Labute approximate surface area is 95.8 Å². The highest BCUT2D eigenvalue weighted by molar-refractivity contribution is 5.67. The first-order chi connectivity index (χ1) is 7.72. The molecule has 2 N–H and O–H groups in total. The molecule has 0 aliphatic carbocycles. The fraction of sp³-hybridized carbons (Fsp3) is 0.308. The Kier molecular flexibility index (Phi) is 5.12. The van der Waals surface area contributed by atoms with E-state index >= 15 is 0 Å². The van der Waals surface area contributed by atoms with Crippen molar-refractivity contribution in [1.29, 1.82) is 0 Å². The van der Waals surface area contributed by atoms with Crippen molar-refractivity contribution in [1.82, 2.24) is 0 Å². The molecule has 1 aromatic carbocycles. The summed E-state index contributed by atoms with van der Waals surface area (Å²) in [6.45, 7) is 2.04. The molecule has 0 aliphatic rings. The summed E-state index contributed by atoms with van der Waals surface area (Å²) in [6.07, 6.45) is 3.62. The molecule has 0 atom stereocenters. The van der Waals surface area contributed by atoms with Gasteiger partial charge >= 0.3 is 5.97 Å². The summed E-state index contributed by atoms with van der Waals surface area (Å²) in [5.41, 5.74) is 1.96. The van der Waals surface area contributed by atoms with E-state index < -0.39 is 5.97 Å². The van der Waals surface area contributed by atoms with Crippen LogP contribution in [0.5, 0.6) is 0 Å². The van der Waals surface area contributed by atoms with Gasteiger partial charge < -0.3 is 10.4 Å². The SMILES string of the molecule is CCC=C(CCC(=O)O)Nc1ccccc1. The molecule has 86 valence electrons. The van der Waals surface area contributed by atoms with Crippen LogP contribution in [0.25, 0.3) is 0 Å². The van der Waals surface area contributed by atoms with Gasteiger partial charge in [-0.25, -0.2) is 0 Å². The van der Waals surface area contributed by atoms with Gasteiger partial charge in [0.15, 0.2) is 0 Å². The van der Waals surface area contributed by atoms with Crippen molar-refractivity contribution in [3.8, 4) is 0 Å². The quantitative estimate of drug-likeness (QED) is 0.772. The van der Waals surface area contributed by atoms with Crippen LogP contribution in [-0.4, -0.2) is 11.1 Å². The van der Waals surface area contributed by atoms with Crippen LogP contribution >= 0.6 is 0 Å². The van der Waals surface area contributed by atoms with E-state index in [9.17, 15) is 4.79 Å². The maximum absolute atomic E-state index is 10.5. The number of hydrogen-bond acceptors (Lipinski definition) is 2.